The molecule has 1 aromatic heterocycles. The summed E-state index contributed by atoms with van der Waals surface area (Å²) in [6, 6.07) is 0.277. The summed E-state index contributed by atoms with van der Waals surface area (Å²) in [7, 11) is 4.37. The molecule has 2 rings (SSSR count). The molecule has 0 aromatic carbocycles. The van der Waals surface area contributed by atoms with Crippen LogP contribution < -0.4 is 5.32 Å². The van der Waals surface area contributed by atoms with Gasteiger partial charge < -0.3 is 10.2 Å². The number of hydrogen-bond donors (Lipinski definition) is 1. The van der Waals surface area contributed by atoms with E-state index in [4.69, 9.17) is 9.97 Å². The first-order chi connectivity index (χ1) is 10.1. The van der Waals surface area contributed by atoms with E-state index in [1.807, 2.05) is 0 Å². The van der Waals surface area contributed by atoms with Crippen molar-refractivity contribution in [1.82, 2.24) is 19.8 Å². The van der Waals surface area contributed by atoms with Gasteiger partial charge >= 0.3 is 0 Å². The second-order valence-electron chi connectivity index (χ2n) is 5.99. The second kappa shape index (κ2) is 7.18. The van der Waals surface area contributed by atoms with Crippen LogP contribution in [0.1, 0.15) is 43.4 Å². The fraction of sp³-hybridized carbons (Fsp3) is 0.750. The summed E-state index contributed by atoms with van der Waals surface area (Å²) in [6.45, 7) is 10.5. The summed E-state index contributed by atoms with van der Waals surface area (Å²) < 4.78 is 0. The van der Waals surface area contributed by atoms with Gasteiger partial charge in [-0.25, -0.2) is 9.97 Å². The summed E-state index contributed by atoms with van der Waals surface area (Å²) in [4.78, 5) is 14.4. The number of rotatable bonds is 4. The lowest BCUT2D eigenvalue weighted by Crippen LogP contribution is -2.32. The van der Waals surface area contributed by atoms with Crippen LogP contribution in [0.3, 0.4) is 0 Å². The summed E-state index contributed by atoms with van der Waals surface area (Å²) in [6.07, 6.45) is 2.17. The van der Waals surface area contributed by atoms with E-state index in [-0.39, 0.29) is 6.04 Å². The number of hydrogen-bond acceptors (Lipinski definition) is 5. The number of aryl methyl sites for hydroxylation is 1. The Labute approximate surface area is 128 Å². The van der Waals surface area contributed by atoms with E-state index in [2.05, 4.69) is 50.0 Å². The molecule has 5 nitrogen and oxygen atoms in total. The quantitative estimate of drug-likeness (QED) is 0.920. The number of aromatic nitrogens is 2. The fourth-order valence-corrected chi connectivity index (χ4v) is 3.05. The van der Waals surface area contributed by atoms with Crippen LogP contribution in [0.4, 0.5) is 5.82 Å². The zero-order valence-corrected chi connectivity index (χ0v) is 14.1. The third-order valence-electron chi connectivity index (χ3n) is 4.29. The van der Waals surface area contributed by atoms with Crippen LogP contribution in [-0.4, -0.2) is 60.0 Å². The SMILES string of the molecule is CCNc1nc(C2CN(C)CCCN2C)nc(C)c1CC. The van der Waals surface area contributed by atoms with Crippen LogP contribution in [0, 0.1) is 6.92 Å². The Morgan fingerprint density at radius 2 is 1.95 bits per heavy atom. The smallest absolute Gasteiger partial charge is 0.149 e. The van der Waals surface area contributed by atoms with E-state index < -0.39 is 0 Å². The van der Waals surface area contributed by atoms with Gasteiger partial charge in [-0.3, -0.25) is 4.90 Å². The highest BCUT2D eigenvalue weighted by Crippen LogP contribution is 2.24. The molecule has 0 amide bonds. The summed E-state index contributed by atoms with van der Waals surface area (Å²) in [5.74, 6) is 1.97. The van der Waals surface area contributed by atoms with Crippen molar-refractivity contribution in [2.24, 2.45) is 0 Å². The van der Waals surface area contributed by atoms with Crippen LogP contribution in [0.5, 0.6) is 0 Å². The third kappa shape index (κ3) is 3.71. The maximum absolute atomic E-state index is 4.85. The van der Waals surface area contributed by atoms with Crippen molar-refractivity contribution in [2.75, 3.05) is 45.6 Å². The fourth-order valence-electron chi connectivity index (χ4n) is 3.05. The summed E-state index contributed by atoms with van der Waals surface area (Å²) in [5, 5.41) is 3.41. The molecule has 5 heteroatoms. The number of nitrogens with one attached hydrogen (secondary N) is 1. The second-order valence-corrected chi connectivity index (χ2v) is 5.99. The Morgan fingerprint density at radius 1 is 1.19 bits per heavy atom. The Kier molecular flexibility index (Phi) is 5.53. The highest BCUT2D eigenvalue weighted by Gasteiger charge is 2.25. The zero-order valence-electron chi connectivity index (χ0n) is 14.1. The molecule has 0 bridgehead atoms. The predicted molar refractivity (Wildman–Crippen MR) is 87.8 cm³/mol. The monoisotopic (exact) mass is 291 g/mol. The minimum absolute atomic E-state index is 0.277. The van der Waals surface area contributed by atoms with Crippen molar-refractivity contribution in [2.45, 2.75) is 39.7 Å². The van der Waals surface area contributed by atoms with E-state index in [0.29, 0.717) is 0 Å². The number of likely N-dealkylation sites (N-methyl/N-ethyl adjacent to an activating group) is 2. The molecule has 1 N–H and O–H groups in total. The molecule has 2 heterocycles. The first-order valence-corrected chi connectivity index (χ1v) is 8.06. The topological polar surface area (TPSA) is 44.3 Å². The maximum atomic E-state index is 4.85. The van der Waals surface area contributed by atoms with E-state index in [9.17, 15) is 0 Å². The van der Waals surface area contributed by atoms with Crippen LogP contribution in [0.15, 0.2) is 0 Å². The first-order valence-electron chi connectivity index (χ1n) is 8.06. The number of nitrogens with zero attached hydrogens (tertiary/aromatic N) is 4. The van der Waals surface area contributed by atoms with Gasteiger partial charge in [0, 0.05) is 24.3 Å². The Hall–Kier alpha value is -1.20. The minimum Gasteiger partial charge on any atom is -0.370 e. The summed E-state index contributed by atoms with van der Waals surface area (Å²) in [5.41, 5.74) is 2.35. The molecule has 118 valence electrons. The average Bonchev–Trinajstić information content (AvgIpc) is 2.60. The normalized spacial score (nSPS) is 21.3. The van der Waals surface area contributed by atoms with Gasteiger partial charge in [-0.2, -0.15) is 0 Å². The van der Waals surface area contributed by atoms with E-state index in [1.54, 1.807) is 0 Å². The van der Waals surface area contributed by atoms with Crippen LogP contribution >= 0.6 is 0 Å². The molecule has 0 radical (unpaired) electrons. The van der Waals surface area contributed by atoms with Gasteiger partial charge in [-0.1, -0.05) is 6.92 Å². The van der Waals surface area contributed by atoms with Crippen molar-refractivity contribution >= 4 is 5.82 Å². The lowest BCUT2D eigenvalue weighted by atomic mass is 10.1. The van der Waals surface area contributed by atoms with Crippen LogP contribution in [-0.2, 0) is 6.42 Å². The zero-order chi connectivity index (χ0) is 15.4. The van der Waals surface area contributed by atoms with Gasteiger partial charge in [0.05, 0.1) is 6.04 Å². The van der Waals surface area contributed by atoms with Crippen molar-refractivity contribution in [3.05, 3.63) is 17.1 Å². The molecule has 21 heavy (non-hydrogen) atoms. The Bertz CT molecular complexity index is 474. The molecular weight excluding hydrogens is 262 g/mol. The van der Waals surface area contributed by atoms with Crippen molar-refractivity contribution in [1.29, 1.82) is 0 Å². The average molecular weight is 291 g/mol. The molecular formula is C16H29N5. The maximum Gasteiger partial charge on any atom is 0.149 e. The van der Waals surface area contributed by atoms with E-state index in [0.717, 1.165) is 49.9 Å². The van der Waals surface area contributed by atoms with Crippen LogP contribution in [0.2, 0.25) is 0 Å². The lowest BCUT2D eigenvalue weighted by molar-refractivity contribution is 0.219. The molecule has 1 fully saturated rings. The third-order valence-corrected chi connectivity index (χ3v) is 4.29. The van der Waals surface area contributed by atoms with Crippen molar-refractivity contribution < 1.29 is 0 Å². The van der Waals surface area contributed by atoms with Crippen molar-refractivity contribution in [3.63, 3.8) is 0 Å². The van der Waals surface area contributed by atoms with Gasteiger partial charge in [-0.15, -0.1) is 0 Å². The molecule has 1 aromatic rings. The van der Waals surface area contributed by atoms with E-state index in [1.165, 1.54) is 12.0 Å². The van der Waals surface area contributed by atoms with Gasteiger partial charge in [-0.05, 0) is 53.9 Å². The molecule has 1 saturated heterocycles. The van der Waals surface area contributed by atoms with Crippen LogP contribution in [0.25, 0.3) is 0 Å². The minimum atomic E-state index is 0.277. The number of anilines is 1. The highest BCUT2D eigenvalue weighted by molar-refractivity contribution is 5.46. The van der Waals surface area contributed by atoms with Gasteiger partial charge in [0.15, 0.2) is 0 Å². The molecule has 1 unspecified atom stereocenters. The Morgan fingerprint density at radius 3 is 2.62 bits per heavy atom. The van der Waals surface area contributed by atoms with Crippen molar-refractivity contribution in [3.8, 4) is 0 Å². The van der Waals surface area contributed by atoms with Gasteiger partial charge in [0.2, 0.25) is 0 Å². The molecule has 1 aliphatic heterocycles. The highest BCUT2D eigenvalue weighted by atomic mass is 15.2. The first kappa shape index (κ1) is 16.2. The molecule has 0 spiro atoms. The summed E-state index contributed by atoms with van der Waals surface area (Å²) >= 11 is 0. The molecule has 1 aliphatic rings. The molecule has 0 aliphatic carbocycles. The molecule has 0 saturated carbocycles. The predicted octanol–water partition coefficient (Wildman–Crippen LogP) is 2.09. The molecule has 1 atom stereocenters. The Balaban J connectivity index is 2.37. The largest absolute Gasteiger partial charge is 0.370 e. The lowest BCUT2D eigenvalue weighted by Gasteiger charge is -2.27. The standard InChI is InChI=1S/C16H29N5/c1-6-13-12(3)18-16(19-15(13)17-7-2)14-11-20(4)9-8-10-21(14)5/h14H,6-11H2,1-5H3,(H,17,18,19). The van der Waals surface area contributed by atoms with Gasteiger partial charge in [0.1, 0.15) is 11.6 Å². The van der Waals surface area contributed by atoms with Gasteiger partial charge in [0.25, 0.3) is 0 Å². The van der Waals surface area contributed by atoms with E-state index >= 15 is 0 Å².